The predicted molar refractivity (Wildman–Crippen MR) is 81.7 cm³/mol. The molecule has 2 atom stereocenters. The molecule has 0 spiro atoms. The smallest absolute Gasteiger partial charge is 0.413 e. The number of cyclic esters (lactones) is 1. The van der Waals surface area contributed by atoms with Gasteiger partial charge in [0, 0.05) is 6.07 Å². The summed E-state index contributed by atoms with van der Waals surface area (Å²) in [5.41, 5.74) is 0.226. The molecule has 2 heterocycles. The van der Waals surface area contributed by atoms with Gasteiger partial charge in [-0.1, -0.05) is 0 Å². The molecule has 1 aromatic heterocycles. The number of methoxy groups -OCH3 is 1. The molecule has 8 nitrogen and oxygen atoms in total. The summed E-state index contributed by atoms with van der Waals surface area (Å²) in [6, 6.07) is 3.18. The lowest BCUT2D eigenvalue weighted by Crippen LogP contribution is -2.38. The molecule has 23 heavy (non-hydrogen) atoms. The zero-order valence-corrected chi connectivity index (χ0v) is 13.0. The van der Waals surface area contributed by atoms with E-state index in [1.165, 1.54) is 18.3 Å². The number of hydrogen-bond acceptors (Lipinski definition) is 6. The fraction of sp³-hybridized carbons (Fsp3) is 0.400. The van der Waals surface area contributed by atoms with Crippen LogP contribution >= 0.6 is 0 Å². The Balaban J connectivity index is 1.94. The topological polar surface area (TPSA) is 93.8 Å². The first-order chi connectivity index (χ1) is 11.0. The number of amides is 1. The summed E-state index contributed by atoms with van der Waals surface area (Å²) in [4.78, 5) is 31.7. The van der Waals surface area contributed by atoms with Crippen LogP contribution in [0.15, 0.2) is 23.3 Å². The number of hydrogen-bond donors (Lipinski definition) is 1. The van der Waals surface area contributed by atoms with Gasteiger partial charge in [-0.25, -0.2) is 9.78 Å². The number of benzene rings is 1. The van der Waals surface area contributed by atoms with Crippen molar-refractivity contribution in [3.8, 4) is 11.5 Å². The van der Waals surface area contributed by atoms with E-state index in [1.54, 1.807) is 19.1 Å². The van der Waals surface area contributed by atoms with E-state index in [4.69, 9.17) is 14.2 Å². The second kappa shape index (κ2) is 5.79. The molecule has 2 aromatic rings. The highest BCUT2D eigenvalue weighted by Gasteiger charge is 2.33. The molecule has 3 rings (SSSR count). The molecule has 0 bridgehead atoms. The molecule has 1 N–H and O–H groups in total. The number of rotatable bonds is 4. The number of carbonyl (C=O) groups excluding carboxylic acids is 1. The Bertz CT molecular complexity index is 803. The van der Waals surface area contributed by atoms with Crippen LogP contribution in [0.4, 0.5) is 4.79 Å². The molecular weight excluding hydrogens is 302 g/mol. The van der Waals surface area contributed by atoms with Gasteiger partial charge in [-0.2, -0.15) is 0 Å². The van der Waals surface area contributed by atoms with Gasteiger partial charge in [0.1, 0.15) is 6.10 Å². The predicted octanol–water partition coefficient (Wildman–Crippen LogP) is 1.50. The highest BCUT2D eigenvalue weighted by atomic mass is 16.6. The SMILES string of the molecule is COc1cc2nc[nH]c(=O)c2cc1OC(C)N1CC(C)OC1=O. The summed E-state index contributed by atoms with van der Waals surface area (Å²) in [6.07, 6.45) is 0.160. The van der Waals surface area contributed by atoms with Crippen LogP contribution in [-0.4, -0.2) is 46.9 Å². The van der Waals surface area contributed by atoms with Crippen molar-refractivity contribution < 1.29 is 19.0 Å². The van der Waals surface area contributed by atoms with Crippen molar-refractivity contribution in [2.75, 3.05) is 13.7 Å². The van der Waals surface area contributed by atoms with Crippen LogP contribution in [0, 0.1) is 0 Å². The lowest BCUT2D eigenvalue weighted by molar-refractivity contribution is 0.0682. The number of fused-ring (bicyclic) bond motifs is 1. The largest absolute Gasteiger partial charge is 0.493 e. The first-order valence-corrected chi connectivity index (χ1v) is 7.19. The fourth-order valence-corrected chi connectivity index (χ4v) is 2.50. The zero-order valence-electron chi connectivity index (χ0n) is 13.0. The molecule has 0 radical (unpaired) electrons. The first-order valence-electron chi connectivity index (χ1n) is 7.19. The van der Waals surface area contributed by atoms with Gasteiger partial charge in [0.15, 0.2) is 17.7 Å². The molecule has 0 saturated carbocycles. The molecule has 1 aliphatic heterocycles. The van der Waals surface area contributed by atoms with E-state index in [9.17, 15) is 9.59 Å². The van der Waals surface area contributed by atoms with Crippen LogP contribution in [0.1, 0.15) is 13.8 Å². The van der Waals surface area contributed by atoms with E-state index >= 15 is 0 Å². The van der Waals surface area contributed by atoms with E-state index in [0.717, 1.165) is 0 Å². The Morgan fingerprint density at radius 3 is 2.83 bits per heavy atom. The maximum Gasteiger partial charge on any atom is 0.413 e. The van der Waals surface area contributed by atoms with Gasteiger partial charge in [0.25, 0.3) is 5.56 Å². The van der Waals surface area contributed by atoms with Crippen molar-refractivity contribution in [2.45, 2.75) is 26.2 Å². The Morgan fingerprint density at radius 1 is 1.39 bits per heavy atom. The minimum absolute atomic E-state index is 0.181. The van der Waals surface area contributed by atoms with Crippen LogP contribution in [0.25, 0.3) is 10.9 Å². The molecule has 1 amide bonds. The number of aromatic amines is 1. The average Bonchev–Trinajstić information content (AvgIpc) is 2.86. The van der Waals surface area contributed by atoms with Crippen molar-refractivity contribution in [3.05, 3.63) is 28.8 Å². The number of nitrogens with zero attached hydrogens (tertiary/aromatic N) is 2. The summed E-state index contributed by atoms with van der Waals surface area (Å²) in [7, 11) is 1.50. The van der Waals surface area contributed by atoms with Gasteiger partial charge in [0.05, 0.1) is 30.9 Å². The summed E-state index contributed by atoms with van der Waals surface area (Å²) in [6.45, 7) is 3.99. The molecule has 122 valence electrons. The maximum atomic E-state index is 11.9. The number of nitrogens with one attached hydrogen (secondary N) is 1. The molecule has 1 aromatic carbocycles. The van der Waals surface area contributed by atoms with Crippen molar-refractivity contribution in [1.82, 2.24) is 14.9 Å². The zero-order chi connectivity index (χ0) is 16.6. The number of aromatic nitrogens is 2. The maximum absolute atomic E-state index is 11.9. The van der Waals surface area contributed by atoms with Crippen LogP contribution in [0.3, 0.4) is 0 Å². The normalized spacial score (nSPS) is 18.8. The van der Waals surface area contributed by atoms with Gasteiger partial charge in [0.2, 0.25) is 0 Å². The monoisotopic (exact) mass is 319 g/mol. The first kappa shape index (κ1) is 15.1. The Kier molecular flexibility index (Phi) is 3.81. The molecule has 1 aliphatic rings. The third kappa shape index (κ3) is 2.79. The van der Waals surface area contributed by atoms with Crippen molar-refractivity contribution in [1.29, 1.82) is 0 Å². The van der Waals surface area contributed by atoms with E-state index in [0.29, 0.717) is 28.9 Å². The average molecular weight is 319 g/mol. The van der Waals surface area contributed by atoms with Crippen LogP contribution in [0.2, 0.25) is 0 Å². The Hall–Kier alpha value is -2.77. The Labute approximate surface area is 132 Å². The minimum atomic E-state index is -0.561. The highest BCUT2D eigenvalue weighted by Crippen LogP contribution is 2.32. The third-order valence-corrected chi connectivity index (χ3v) is 3.65. The van der Waals surface area contributed by atoms with Crippen molar-refractivity contribution >= 4 is 17.0 Å². The molecular formula is C15H17N3O5. The lowest BCUT2D eigenvalue weighted by Gasteiger charge is -2.23. The van der Waals surface area contributed by atoms with Gasteiger partial charge >= 0.3 is 6.09 Å². The highest BCUT2D eigenvalue weighted by molar-refractivity contribution is 5.81. The van der Waals surface area contributed by atoms with E-state index < -0.39 is 12.3 Å². The van der Waals surface area contributed by atoms with E-state index in [2.05, 4.69) is 9.97 Å². The molecule has 1 saturated heterocycles. The van der Waals surface area contributed by atoms with Crippen molar-refractivity contribution in [3.63, 3.8) is 0 Å². The molecule has 8 heteroatoms. The number of H-pyrrole nitrogens is 1. The fourth-order valence-electron chi connectivity index (χ4n) is 2.50. The molecule has 0 aliphatic carbocycles. The second-order valence-electron chi connectivity index (χ2n) is 5.32. The van der Waals surface area contributed by atoms with Crippen LogP contribution in [-0.2, 0) is 4.74 Å². The van der Waals surface area contributed by atoms with Gasteiger partial charge in [-0.3, -0.25) is 9.69 Å². The summed E-state index contributed by atoms with van der Waals surface area (Å²) >= 11 is 0. The van der Waals surface area contributed by atoms with Crippen LogP contribution in [0.5, 0.6) is 11.5 Å². The minimum Gasteiger partial charge on any atom is -0.493 e. The van der Waals surface area contributed by atoms with Gasteiger partial charge in [-0.05, 0) is 19.9 Å². The third-order valence-electron chi connectivity index (χ3n) is 3.65. The van der Waals surface area contributed by atoms with Gasteiger partial charge < -0.3 is 19.2 Å². The second-order valence-corrected chi connectivity index (χ2v) is 5.32. The summed E-state index contributed by atoms with van der Waals surface area (Å²) < 4.78 is 16.2. The van der Waals surface area contributed by atoms with E-state index in [-0.39, 0.29) is 11.7 Å². The van der Waals surface area contributed by atoms with Gasteiger partial charge in [-0.15, -0.1) is 0 Å². The van der Waals surface area contributed by atoms with E-state index in [1.807, 2.05) is 6.92 Å². The standard InChI is InChI=1S/C15H17N3O5/c1-8-6-18(15(20)22-8)9(2)23-13-4-10-11(5-12(13)21-3)16-7-17-14(10)19/h4-5,7-9H,6H2,1-3H3,(H,16,17,19). The lowest BCUT2D eigenvalue weighted by atomic mass is 10.2. The number of ether oxygens (including phenoxy) is 3. The van der Waals surface area contributed by atoms with Crippen molar-refractivity contribution in [2.24, 2.45) is 0 Å². The Morgan fingerprint density at radius 2 is 2.17 bits per heavy atom. The summed E-state index contributed by atoms with van der Waals surface area (Å²) in [5.74, 6) is 0.793. The molecule has 2 unspecified atom stereocenters. The quantitative estimate of drug-likeness (QED) is 0.918. The summed E-state index contributed by atoms with van der Waals surface area (Å²) in [5, 5.41) is 0.382. The molecule has 1 fully saturated rings. The van der Waals surface area contributed by atoms with Crippen LogP contribution < -0.4 is 15.0 Å². The number of carbonyl (C=O) groups is 1.